The van der Waals surface area contributed by atoms with E-state index in [0.29, 0.717) is 53.3 Å². The van der Waals surface area contributed by atoms with Gasteiger partial charge in [0.25, 0.3) is 5.91 Å². The molecule has 1 atom stereocenters. The van der Waals surface area contributed by atoms with Crippen LogP contribution < -0.4 is 24.3 Å². The lowest BCUT2D eigenvalue weighted by atomic mass is 9.90. The number of rotatable bonds is 16. The summed E-state index contributed by atoms with van der Waals surface area (Å²) < 4.78 is 39.5. The second-order valence-corrected chi connectivity index (χ2v) is 11.2. The van der Waals surface area contributed by atoms with E-state index in [1.165, 1.54) is 46.3 Å². The molecule has 0 bridgehead atoms. The van der Waals surface area contributed by atoms with Crippen LogP contribution in [0.15, 0.2) is 60.3 Å². The van der Waals surface area contributed by atoms with E-state index in [0.717, 1.165) is 5.56 Å². The van der Waals surface area contributed by atoms with E-state index < -0.39 is 12.2 Å². The molecule has 11 heteroatoms. The smallest absolute Gasteiger partial charge is 0.407 e. The molecule has 1 heterocycles. The molecule has 1 aliphatic heterocycles. The lowest BCUT2D eigenvalue weighted by Gasteiger charge is -2.27. The highest BCUT2D eigenvalue weighted by molar-refractivity contribution is 5.98. The van der Waals surface area contributed by atoms with E-state index >= 15 is 0 Å². The number of nitrogens with one attached hydrogen (secondary N) is 1. The summed E-state index contributed by atoms with van der Waals surface area (Å²) in [5.41, 5.74) is 1.90. The van der Waals surface area contributed by atoms with Crippen molar-refractivity contribution < 1.29 is 42.7 Å². The third-order valence-electron chi connectivity index (χ3n) is 8.07. The van der Waals surface area contributed by atoms with Crippen molar-refractivity contribution in [2.45, 2.75) is 44.8 Å². The predicted molar refractivity (Wildman–Crippen MR) is 173 cm³/mol. The van der Waals surface area contributed by atoms with Crippen molar-refractivity contribution in [2.24, 2.45) is 5.92 Å². The Hall–Kier alpha value is -4.22. The van der Waals surface area contributed by atoms with Crippen LogP contribution in [0.1, 0.15) is 48.0 Å². The molecule has 2 amide bonds. The third kappa shape index (κ3) is 9.64. The molecule has 0 radical (unpaired) electrons. The first kappa shape index (κ1) is 34.6. The van der Waals surface area contributed by atoms with Gasteiger partial charge in [0.2, 0.25) is 5.75 Å². The normalized spacial score (nSPS) is 15.5. The van der Waals surface area contributed by atoms with E-state index in [1.54, 1.807) is 49.5 Å². The van der Waals surface area contributed by atoms with Crippen molar-refractivity contribution in [1.29, 1.82) is 0 Å². The molecule has 2 aliphatic rings. The molecule has 1 aliphatic carbocycles. The van der Waals surface area contributed by atoms with Crippen LogP contribution in [0.5, 0.6) is 23.0 Å². The zero-order chi connectivity index (χ0) is 32.7. The van der Waals surface area contributed by atoms with E-state index in [-0.39, 0.29) is 32.3 Å². The summed E-state index contributed by atoms with van der Waals surface area (Å²) in [6.45, 7) is 1.54. The van der Waals surface area contributed by atoms with Crippen molar-refractivity contribution in [3.8, 4) is 23.0 Å². The number of para-hydroxylation sites is 1. The number of carbonyl (C=O) groups is 2. The summed E-state index contributed by atoms with van der Waals surface area (Å²) >= 11 is 0. The summed E-state index contributed by atoms with van der Waals surface area (Å²) in [6.07, 6.45) is 10.5. The maximum absolute atomic E-state index is 13.2. The fourth-order valence-corrected chi connectivity index (χ4v) is 5.48. The average molecular weight is 639 g/mol. The maximum Gasteiger partial charge on any atom is 0.407 e. The van der Waals surface area contributed by atoms with Gasteiger partial charge >= 0.3 is 6.09 Å². The Bertz CT molecular complexity index is 1330. The molecule has 11 nitrogen and oxygen atoms in total. The second-order valence-electron chi connectivity index (χ2n) is 11.2. The molecular formula is C35H46N2O9. The molecule has 0 aromatic heterocycles. The Morgan fingerprint density at radius 2 is 1.65 bits per heavy atom. The van der Waals surface area contributed by atoms with Crippen LogP contribution in [0.25, 0.3) is 0 Å². The van der Waals surface area contributed by atoms with Gasteiger partial charge in [0.1, 0.15) is 18.5 Å². The van der Waals surface area contributed by atoms with E-state index in [9.17, 15) is 9.59 Å². The van der Waals surface area contributed by atoms with Crippen LogP contribution in [0, 0.1) is 5.92 Å². The lowest BCUT2D eigenvalue weighted by Crippen LogP contribution is -2.39. The third-order valence-corrected chi connectivity index (χ3v) is 8.07. The minimum Gasteiger partial charge on any atom is -0.496 e. The number of allylic oxidation sites excluding steroid dienone is 2. The Labute approximate surface area is 271 Å². The molecule has 46 heavy (non-hydrogen) atoms. The molecule has 250 valence electrons. The summed E-state index contributed by atoms with van der Waals surface area (Å²) in [4.78, 5) is 27.4. The van der Waals surface area contributed by atoms with Crippen LogP contribution >= 0.6 is 0 Å². The molecule has 0 saturated heterocycles. The number of hydrogen-bond acceptors (Lipinski definition) is 9. The maximum atomic E-state index is 13.2. The van der Waals surface area contributed by atoms with Crippen molar-refractivity contribution in [1.82, 2.24) is 10.2 Å². The SMILES string of the molecule is COc1ccccc1C(=O)N1CC=CC=C1CNC(=O)OCC(COCc1cc(OC)c(OCC2CCCCC2)c(OC)c1)OC. The Kier molecular flexibility index (Phi) is 13.6. The van der Waals surface area contributed by atoms with Gasteiger partial charge in [-0.05, 0) is 54.7 Å². The van der Waals surface area contributed by atoms with Gasteiger partial charge in [-0.3, -0.25) is 4.79 Å². The van der Waals surface area contributed by atoms with Crippen LogP contribution in [-0.2, 0) is 20.8 Å². The minimum absolute atomic E-state index is 0.0221. The number of benzene rings is 2. The van der Waals surface area contributed by atoms with Crippen molar-refractivity contribution in [3.63, 3.8) is 0 Å². The standard InChI is InChI=1S/C35H46N2O9/c1-40-28(23-44-21-26-18-31(42-3)33(32(19-26)43-4)45-22-25-12-6-5-7-13-25)24-46-35(39)36-20-27-14-10-11-17-37(27)34(38)29-15-8-9-16-30(29)41-2/h8-11,14-16,18-19,25,28H,5-7,12-13,17,20-24H2,1-4H3,(H,36,39). The Morgan fingerprint density at radius 3 is 2.35 bits per heavy atom. The predicted octanol–water partition coefficient (Wildman–Crippen LogP) is 5.53. The topological polar surface area (TPSA) is 114 Å². The number of carbonyl (C=O) groups excluding carboxylic acids is 2. The van der Waals surface area contributed by atoms with Gasteiger partial charge in [-0.1, -0.05) is 43.5 Å². The molecule has 4 rings (SSSR count). The fourth-order valence-electron chi connectivity index (χ4n) is 5.48. The zero-order valence-electron chi connectivity index (χ0n) is 27.3. The highest BCUT2D eigenvalue weighted by Gasteiger charge is 2.24. The Morgan fingerprint density at radius 1 is 0.935 bits per heavy atom. The van der Waals surface area contributed by atoms with Crippen molar-refractivity contribution in [2.75, 3.05) is 61.3 Å². The van der Waals surface area contributed by atoms with Gasteiger partial charge in [-0.2, -0.15) is 0 Å². The first-order valence-corrected chi connectivity index (χ1v) is 15.7. The summed E-state index contributed by atoms with van der Waals surface area (Å²) in [7, 11) is 6.26. The van der Waals surface area contributed by atoms with Crippen LogP contribution in [-0.4, -0.2) is 84.4 Å². The number of alkyl carbamates (subject to hydrolysis) is 1. The minimum atomic E-state index is -0.638. The van der Waals surface area contributed by atoms with Crippen LogP contribution in [0.3, 0.4) is 0 Å². The highest BCUT2D eigenvalue weighted by atomic mass is 16.6. The van der Waals surface area contributed by atoms with Crippen molar-refractivity contribution >= 4 is 12.0 Å². The Balaban J connectivity index is 1.23. The van der Waals surface area contributed by atoms with Gasteiger partial charge in [0.15, 0.2) is 11.5 Å². The lowest BCUT2D eigenvalue weighted by molar-refractivity contribution is -0.0288. The quantitative estimate of drug-likeness (QED) is 0.254. The van der Waals surface area contributed by atoms with Gasteiger partial charge in [-0.15, -0.1) is 0 Å². The molecule has 1 N–H and O–H groups in total. The fraction of sp³-hybridized carbons (Fsp3) is 0.486. The number of ether oxygens (including phenoxy) is 7. The second kappa shape index (κ2) is 18.1. The van der Waals surface area contributed by atoms with Gasteiger partial charge in [0.05, 0.1) is 53.3 Å². The highest BCUT2D eigenvalue weighted by Crippen LogP contribution is 2.39. The van der Waals surface area contributed by atoms with E-state index in [4.69, 9.17) is 33.2 Å². The first-order valence-electron chi connectivity index (χ1n) is 15.7. The number of nitrogens with zero attached hydrogens (tertiary/aromatic N) is 1. The summed E-state index contributed by atoms with van der Waals surface area (Å²) in [5, 5.41) is 2.72. The monoisotopic (exact) mass is 638 g/mol. The van der Waals surface area contributed by atoms with Crippen molar-refractivity contribution in [3.05, 3.63) is 71.5 Å². The number of methoxy groups -OCH3 is 4. The van der Waals surface area contributed by atoms with Gasteiger partial charge in [0, 0.05) is 19.4 Å². The number of amides is 2. The summed E-state index contributed by atoms with van der Waals surface area (Å²) in [5.74, 6) is 2.58. The molecular weight excluding hydrogens is 592 g/mol. The average Bonchev–Trinajstić information content (AvgIpc) is 3.11. The van der Waals surface area contributed by atoms with Gasteiger partial charge < -0.3 is 43.4 Å². The molecule has 1 unspecified atom stereocenters. The molecule has 0 spiro atoms. The van der Waals surface area contributed by atoms with E-state index in [1.807, 2.05) is 24.3 Å². The zero-order valence-corrected chi connectivity index (χ0v) is 27.3. The molecule has 2 aromatic carbocycles. The van der Waals surface area contributed by atoms with E-state index in [2.05, 4.69) is 5.32 Å². The molecule has 1 fully saturated rings. The number of hydrogen-bond donors (Lipinski definition) is 1. The van der Waals surface area contributed by atoms with Gasteiger partial charge in [-0.25, -0.2) is 4.79 Å². The molecule has 1 saturated carbocycles. The van der Waals surface area contributed by atoms with Crippen LogP contribution in [0.4, 0.5) is 4.79 Å². The summed E-state index contributed by atoms with van der Waals surface area (Å²) in [6, 6.07) is 10.8. The molecule has 2 aromatic rings. The largest absolute Gasteiger partial charge is 0.496 e. The first-order chi connectivity index (χ1) is 22.5. The van der Waals surface area contributed by atoms with Crippen LogP contribution in [0.2, 0.25) is 0 Å².